The number of nitrogens with one attached hydrogen (secondary N) is 1. The fraction of sp³-hybridized carbons (Fsp3) is 0.840. The summed E-state index contributed by atoms with van der Waals surface area (Å²) in [6, 6.07) is -0.919. The van der Waals surface area contributed by atoms with Crippen molar-refractivity contribution in [2.75, 3.05) is 19.8 Å². The number of ether oxygens (including phenoxy) is 4. The van der Waals surface area contributed by atoms with E-state index in [9.17, 15) is 45.6 Å². The predicted octanol–water partition coefficient (Wildman–Crippen LogP) is 17.7. The second-order valence-electron chi connectivity index (χ2n) is 27.8. The molecule has 0 spiro atoms. The zero-order valence-electron chi connectivity index (χ0n) is 60.7. The maximum atomic E-state index is 13.4. The molecule has 1 amide bonds. The third-order valence-electron chi connectivity index (χ3n) is 19.1. The normalized spacial score (nSPS) is 22.7. The highest BCUT2D eigenvalue weighted by molar-refractivity contribution is 5.76. The van der Waals surface area contributed by atoms with E-state index in [1.807, 2.05) is 6.08 Å². The van der Waals surface area contributed by atoms with Gasteiger partial charge in [0, 0.05) is 6.42 Å². The topological polar surface area (TPSA) is 228 Å². The molecule has 0 aromatic carbocycles. The van der Waals surface area contributed by atoms with Crippen LogP contribution < -0.4 is 5.32 Å². The average Bonchev–Trinajstić information content (AvgIpc) is 0.801. The van der Waals surface area contributed by atoms with E-state index in [1.165, 1.54) is 244 Å². The number of hydrogen-bond acceptors (Lipinski definition) is 13. The number of carbonyl (C=O) groups excluding carboxylic acids is 1. The van der Waals surface area contributed by atoms with Crippen LogP contribution in [0.1, 0.15) is 341 Å². The first-order valence-electron chi connectivity index (χ1n) is 39.7. The van der Waals surface area contributed by atoms with Gasteiger partial charge in [-0.3, -0.25) is 4.79 Å². The number of aliphatic hydroxyl groups is 8. The minimum atomic E-state index is -1.79. The van der Waals surface area contributed by atoms with E-state index in [-0.39, 0.29) is 18.9 Å². The summed E-state index contributed by atoms with van der Waals surface area (Å²) >= 11 is 0. The van der Waals surface area contributed by atoms with Crippen LogP contribution in [0, 0.1) is 0 Å². The maximum Gasteiger partial charge on any atom is 0.220 e. The Morgan fingerprint density at radius 3 is 1.12 bits per heavy atom. The van der Waals surface area contributed by atoms with E-state index in [2.05, 4.69) is 79.9 Å². The molecule has 2 saturated heterocycles. The van der Waals surface area contributed by atoms with Gasteiger partial charge in [0.05, 0.1) is 32.0 Å². The van der Waals surface area contributed by atoms with E-state index in [0.717, 1.165) is 70.6 Å². The number of rotatable bonds is 66. The van der Waals surface area contributed by atoms with Gasteiger partial charge < -0.3 is 65.1 Å². The van der Waals surface area contributed by atoms with Crippen molar-refractivity contribution >= 4 is 5.91 Å². The maximum absolute atomic E-state index is 13.4. The molecule has 9 N–H and O–H groups in total. The van der Waals surface area contributed by atoms with E-state index in [1.54, 1.807) is 6.08 Å². The second kappa shape index (κ2) is 64.8. The van der Waals surface area contributed by atoms with Crippen molar-refractivity contribution in [1.82, 2.24) is 5.32 Å². The van der Waals surface area contributed by atoms with Crippen LogP contribution >= 0.6 is 0 Å². The highest BCUT2D eigenvalue weighted by atomic mass is 16.7. The molecular weight excluding hydrogens is 1190 g/mol. The van der Waals surface area contributed by atoms with Gasteiger partial charge in [0.2, 0.25) is 5.91 Å². The van der Waals surface area contributed by atoms with Crippen LogP contribution in [0.5, 0.6) is 0 Å². The smallest absolute Gasteiger partial charge is 0.220 e. The van der Waals surface area contributed by atoms with Crippen molar-refractivity contribution in [3.8, 4) is 0 Å². The summed E-state index contributed by atoms with van der Waals surface area (Å²) in [5.74, 6) is -0.235. The van der Waals surface area contributed by atoms with Crippen LogP contribution in [0.15, 0.2) is 72.9 Å². The monoisotopic (exact) mass is 1340 g/mol. The first-order valence-corrected chi connectivity index (χ1v) is 39.7. The molecule has 0 radical (unpaired) electrons. The molecule has 14 heteroatoms. The lowest BCUT2D eigenvalue weighted by atomic mass is 9.97. The van der Waals surface area contributed by atoms with E-state index < -0.39 is 86.8 Å². The van der Waals surface area contributed by atoms with Gasteiger partial charge in [0.1, 0.15) is 48.8 Å². The number of carbonyl (C=O) groups is 1. The van der Waals surface area contributed by atoms with Crippen molar-refractivity contribution in [1.29, 1.82) is 0 Å². The fourth-order valence-electron chi connectivity index (χ4n) is 12.9. The van der Waals surface area contributed by atoms with Gasteiger partial charge in [-0.15, -0.1) is 0 Å². The summed E-state index contributed by atoms with van der Waals surface area (Å²) in [5.41, 5.74) is 0. The molecule has 2 aliphatic heterocycles. The summed E-state index contributed by atoms with van der Waals surface area (Å²) in [4.78, 5) is 13.4. The molecule has 0 aromatic rings. The average molecular weight is 1340 g/mol. The van der Waals surface area contributed by atoms with Crippen molar-refractivity contribution in [3.05, 3.63) is 72.9 Å². The van der Waals surface area contributed by atoms with Crippen LogP contribution in [0.3, 0.4) is 0 Å². The van der Waals surface area contributed by atoms with Crippen molar-refractivity contribution in [2.24, 2.45) is 0 Å². The summed E-state index contributed by atoms with van der Waals surface area (Å²) in [6.07, 6.45) is 72.6. The Bertz CT molecular complexity index is 1870. The Morgan fingerprint density at radius 1 is 0.389 bits per heavy atom. The zero-order valence-corrected chi connectivity index (χ0v) is 60.7. The number of aliphatic hydroxyl groups excluding tert-OH is 8. The lowest BCUT2D eigenvalue weighted by molar-refractivity contribution is -0.359. The molecule has 0 saturated carbocycles. The first kappa shape index (κ1) is 88.5. The lowest BCUT2D eigenvalue weighted by Crippen LogP contribution is -2.65. The third-order valence-corrected chi connectivity index (χ3v) is 19.1. The highest BCUT2D eigenvalue weighted by Crippen LogP contribution is 2.30. The van der Waals surface area contributed by atoms with Gasteiger partial charge in [-0.1, -0.05) is 344 Å². The quantitative estimate of drug-likeness (QED) is 0.0204. The summed E-state index contributed by atoms with van der Waals surface area (Å²) in [6.45, 7) is 2.74. The Balaban J connectivity index is 1.62. The van der Waals surface area contributed by atoms with Crippen molar-refractivity contribution < 1.29 is 64.6 Å². The second-order valence-corrected chi connectivity index (χ2v) is 27.8. The molecule has 554 valence electrons. The van der Waals surface area contributed by atoms with Crippen LogP contribution in [-0.4, -0.2) is 140 Å². The van der Waals surface area contributed by atoms with Gasteiger partial charge in [0.25, 0.3) is 0 Å². The molecule has 95 heavy (non-hydrogen) atoms. The Hall–Kier alpha value is -2.57. The standard InChI is InChI=1S/C81H147NO13/c1-3-5-7-9-11-13-15-17-19-21-23-25-27-29-31-33-34-35-36-37-39-41-43-45-47-49-51-53-55-57-59-61-63-65-73(86)82-69(68-92-80-78(91)76(89)79(72(67-84)94-80)95-81-77(90)75(88)74(87)71(66-83)93-81)70(85)64-62-60-58-56-54-52-50-48-46-44-42-40-38-32-30-28-26-24-22-20-18-16-14-12-10-8-6-4-2/h5,7,11,13,17,19,23,25,29,31,62,64,69-72,74-81,83-85,87-91H,3-4,6,8-10,12,14-16,18,20-22,24,26-28,30,32-61,63,65-68H2,1-2H3,(H,82,86)/b7-5-,13-11-,19-17-,25-23-,31-29-,64-62+. The van der Waals surface area contributed by atoms with Gasteiger partial charge >= 0.3 is 0 Å². The lowest BCUT2D eigenvalue weighted by Gasteiger charge is -2.46. The molecule has 2 aliphatic rings. The third kappa shape index (κ3) is 48.0. The summed E-state index contributed by atoms with van der Waals surface area (Å²) in [7, 11) is 0. The molecular formula is C81H147NO13. The molecule has 2 fully saturated rings. The summed E-state index contributed by atoms with van der Waals surface area (Å²) in [5, 5.41) is 87.7. The molecule has 12 unspecified atom stereocenters. The molecule has 0 aliphatic carbocycles. The fourth-order valence-corrected chi connectivity index (χ4v) is 12.9. The zero-order chi connectivity index (χ0) is 68.7. The van der Waals surface area contributed by atoms with Crippen molar-refractivity contribution in [2.45, 2.75) is 415 Å². The van der Waals surface area contributed by atoms with Crippen LogP contribution in [-0.2, 0) is 23.7 Å². The molecule has 2 rings (SSSR count). The van der Waals surface area contributed by atoms with Gasteiger partial charge in [-0.25, -0.2) is 0 Å². The number of allylic oxidation sites excluding steroid dienone is 11. The molecule has 0 bridgehead atoms. The Labute approximate surface area is 580 Å². The number of hydrogen-bond donors (Lipinski definition) is 9. The van der Waals surface area contributed by atoms with Crippen LogP contribution in [0.25, 0.3) is 0 Å². The van der Waals surface area contributed by atoms with E-state index in [0.29, 0.717) is 6.42 Å². The minimum Gasteiger partial charge on any atom is -0.394 e. The number of unbranched alkanes of at least 4 members (excludes halogenated alkanes) is 43. The molecule has 12 atom stereocenters. The van der Waals surface area contributed by atoms with Crippen LogP contribution in [0.2, 0.25) is 0 Å². The van der Waals surface area contributed by atoms with Crippen molar-refractivity contribution in [3.63, 3.8) is 0 Å². The number of amides is 1. The Kier molecular flexibility index (Phi) is 60.4. The highest BCUT2D eigenvalue weighted by Gasteiger charge is 2.51. The molecule has 14 nitrogen and oxygen atoms in total. The summed E-state index contributed by atoms with van der Waals surface area (Å²) < 4.78 is 22.9. The van der Waals surface area contributed by atoms with E-state index >= 15 is 0 Å². The van der Waals surface area contributed by atoms with E-state index in [4.69, 9.17) is 18.9 Å². The SMILES string of the molecule is CC/C=C\C/C=C\C/C=C\C/C=C\C/C=C\CCCCCCCCCCCCCCCCCCCC(=O)NC(COC1OC(CO)C(OC2OC(CO)C(O)C(O)C2O)C(O)C1O)C(O)/C=C/CCCCCCCCCCCCCCCCCCCCCCCCCCCC. The minimum absolute atomic E-state index is 0.235. The Morgan fingerprint density at radius 2 is 0.726 bits per heavy atom. The van der Waals surface area contributed by atoms with Gasteiger partial charge in [-0.2, -0.15) is 0 Å². The van der Waals surface area contributed by atoms with Crippen LogP contribution in [0.4, 0.5) is 0 Å². The first-order chi connectivity index (χ1) is 46.6. The van der Waals surface area contributed by atoms with Gasteiger partial charge in [0.15, 0.2) is 12.6 Å². The van der Waals surface area contributed by atoms with Gasteiger partial charge in [-0.05, 0) is 64.2 Å². The predicted molar refractivity (Wildman–Crippen MR) is 392 cm³/mol. The molecule has 2 heterocycles. The molecule has 0 aromatic heterocycles. The largest absolute Gasteiger partial charge is 0.394 e.